The molecule has 0 fully saturated rings. The van der Waals surface area contributed by atoms with Gasteiger partial charge in [-0.25, -0.2) is 9.18 Å². The van der Waals surface area contributed by atoms with Gasteiger partial charge in [0, 0.05) is 5.69 Å². The van der Waals surface area contributed by atoms with Crippen LogP contribution in [0.4, 0.5) is 10.1 Å². The fourth-order valence-corrected chi connectivity index (χ4v) is 2.10. The summed E-state index contributed by atoms with van der Waals surface area (Å²) in [7, 11) is 2.85. The number of amides is 1. The van der Waals surface area contributed by atoms with Gasteiger partial charge in [-0.15, -0.1) is 0 Å². The Balaban J connectivity index is 2.07. The van der Waals surface area contributed by atoms with Crippen molar-refractivity contribution < 1.29 is 28.2 Å². The van der Waals surface area contributed by atoms with Crippen LogP contribution in [0.5, 0.6) is 11.5 Å². The monoisotopic (exact) mass is 347 g/mol. The number of anilines is 1. The van der Waals surface area contributed by atoms with Gasteiger partial charge in [-0.05, 0) is 43.3 Å². The number of para-hydroxylation sites is 1. The summed E-state index contributed by atoms with van der Waals surface area (Å²) in [5, 5.41) is 2.54. The summed E-state index contributed by atoms with van der Waals surface area (Å²) in [6.45, 7) is 1.43. The molecule has 7 heteroatoms. The number of halogens is 1. The predicted octanol–water partition coefficient (Wildman–Crippen LogP) is 3.03. The van der Waals surface area contributed by atoms with E-state index in [0.717, 1.165) is 0 Å². The number of hydrogen-bond acceptors (Lipinski definition) is 5. The van der Waals surface area contributed by atoms with Gasteiger partial charge in [0.15, 0.2) is 17.6 Å². The third-order valence-corrected chi connectivity index (χ3v) is 3.39. The number of methoxy groups -OCH3 is 2. The van der Waals surface area contributed by atoms with Crippen LogP contribution in [0, 0.1) is 5.82 Å². The first-order chi connectivity index (χ1) is 12.0. The molecule has 2 aromatic rings. The zero-order chi connectivity index (χ0) is 18.4. The number of hydrogen-bond donors (Lipinski definition) is 1. The Bertz CT molecular complexity index is 761. The molecular weight excluding hydrogens is 329 g/mol. The molecule has 0 unspecified atom stereocenters. The number of benzene rings is 2. The Hall–Kier alpha value is -3.09. The number of carbonyl (C=O) groups excluding carboxylic acids is 2. The maximum absolute atomic E-state index is 12.9. The Morgan fingerprint density at radius 3 is 2.32 bits per heavy atom. The summed E-state index contributed by atoms with van der Waals surface area (Å²) in [4.78, 5) is 24.4. The molecule has 0 heterocycles. The summed E-state index contributed by atoms with van der Waals surface area (Å²) >= 11 is 0. The van der Waals surface area contributed by atoms with Crippen LogP contribution in [-0.4, -0.2) is 32.2 Å². The van der Waals surface area contributed by atoms with Crippen LogP contribution in [0.15, 0.2) is 42.5 Å². The average Bonchev–Trinajstić information content (AvgIpc) is 2.62. The molecule has 132 valence electrons. The lowest BCUT2D eigenvalue weighted by Crippen LogP contribution is -2.30. The van der Waals surface area contributed by atoms with Crippen LogP contribution in [0.1, 0.15) is 17.3 Å². The van der Waals surface area contributed by atoms with Crippen LogP contribution < -0.4 is 14.8 Å². The van der Waals surface area contributed by atoms with Crippen molar-refractivity contribution in [2.45, 2.75) is 13.0 Å². The summed E-state index contributed by atoms with van der Waals surface area (Å²) in [5.74, 6) is -1.08. The first-order valence-corrected chi connectivity index (χ1v) is 7.44. The Morgan fingerprint density at radius 1 is 1.04 bits per heavy atom. The molecule has 0 aromatic heterocycles. The third-order valence-electron chi connectivity index (χ3n) is 3.39. The van der Waals surface area contributed by atoms with Gasteiger partial charge >= 0.3 is 5.97 Å². The van der Waals surface area contributed by atoms with Crippen molar-refractivity contribution >= 4 is 17.6 Å². The maximum atomic E-state index is 12.9. The highest BCUT2D eigenvalue weighted by molar-refractivity contribution is 5.98. The third kappa shape index (κ3) is 4.47. The number of rotatable bonds is 6. The van der Waals surface area contributed by atoms with Gasteiger partial charge in [0.1, 0.15) is 11.4 Å². The quantitative estimate of drug-likeness (QED) is 0.813. The summed E-state index contributed by atoms with van der Waals surface area (Å²) in [5.41, 5.74) is 0.538. The summed E-state index contributed by atoms with van der Waals surface area (Å²) in [6, 6.07) is 10.0. The van der Waals surface area contributed by atoms with E-state index in [1.165, 1.54) is 51.5 Å². The predicted molar refractivity (Wildman–Crippen MR) is 89.5 cm³/mol. The van der Waals surface area contributed by atoms with Crippen molar-refractivity contribution in [3.63, 3.8) is 0 Å². The SMILES string of the molecule is COc1cccc(C(=O)O[C@@H](C)C(=O)Nc2ccc(F)cc2)c1OC. The Morgan fingerprint density at radius 2 is 1.72 bits per heavy atom. The van der Waals surface area contributed by atoms with Crippen LogP contribution in [0.25, 0.3) is 0 Å². The number of carbonyl (C=O) groups is 2. The van der Waals surface area contributed by atoms with Crippen molar-refractivity contribution in [1.29, 1.82) is 0 Å². The van der Waals surface area contributed by atoms with Crippen LogP contribution in [-0.2, 0) is 9.53 Å². The van der Waals surface area contributed by atoms with Gasteiger partial charge in [0.05, 0.1) is 14.2 Å². The minimum atomic E-state index is -1.06. The van der Waals surface area contributed by atoms with E-state index in [-0.39, 0.29) is 11.3 Å². The molecule has 0 aliphatic carbocycles. The summed E-state index contributed by atoms with van der Waals surface area (Å²) < 4.78 is 28.3. The van der Waals surface area contributed by atoms with Gasteiger partial charge in [0.2, 0.25) is 0 Å². The molecule has 0 saturated carbocycles. The molecule has 2 rings (SSSR count). The van der Waals surface area contributed by atoms with Gasteiger partial charge in [-0.3, -0.25) is 4.79 Å². The molecule has 0 saturated heterocycles. The van der Waals surface area contributed by atoms with Gasteiger partial charge in [-0.2, -0.15) is 0 Å². The van der Waals surface area contributed by atoms with E-state index in [1.807, 2.05) is 0 Å². The molecule has 0 radical (unpaired) electrons. The smallest absolute Gasteiger partial charge is 0.342 e. The van der Waals surface area contributed by atoms with Crippen molar-refractivity contribution in [3.8, 4) is 11.5 Å². The Labute approximate surface area is 144 Å². The second-order valence-corrected chi connectivity index (χ2v) is 5.08. The molecular formula is C18H18FNO5. The van der Waals surface area contributed by atoms with Crippen molar-refractivity contribution in [2.24, 2.45) is 0 Å². The largest absolute Gasteiger partial charge is 0.493 e. The molecule has 1 N–H and O–H groups in total. The second-order valence-electron chi connectivity index (χ2n) is 5.08. The lowest BCUT2D eigenvalue weighted by molar-refractivity contribution is -0.123. The van der Waals surface area contributed by atoms with E-state index in [0.29, 0.717) is 11.4 Å². The van der Waals surface area contributed by atoms with Gasteiger partial charge in [0.25, 0.3) is 5.91 Å². The van der Waals surface area contributed by atoms with Gasteiger partial charge in [-0.1, -0.05) is 6.07 Å². The molecule has 0 aliphatic heterocycles. The zero-order valence-electron chi connectivity index (χ0n) is 14.0. The average molecular weight is 347 g/mol. The molecule has 25 heavy (non-hydrogen) atoms. The molecule has 1 amide bonds. The highest BCUT2D eigenvalue weighted by Gasteiger charge is 2.23. The van der Waals surface area contributed by atoms with Crippen LogP contribution in [0.2, 0.25) is 0 Å². The molecule has 2 aromatic carbocycles. The van der Waals surface area contributed by atoms with Gasteiger partial charge < -0.3 is 19.5 Å². The van der Waals surface area contributed by atoms with Crippen LogP contribution >= 0.6 is 0 Å². The minimum Gasteiger partial charge on any atom is -0.493 e. The lowest BCUT2D eigenvalue weighted by Gasteiger charge is -2.16. The molecule has 0 aliphatic rings. The van der Waals surface area contributed by atoms with Crippen molar-refractivity contribution in [1.82, 2.24) is 0 Å². The summed E-state index contributed by atoms with van der Waals surface area (Å²) in [6.07, 6.45) is -1.06. The van der Waals surface area contributed by atoms with E-state index >= 15 is 0 Å². The first kappa shape index (κ1) is 18.3. The first-order valence-electron chi connectivity index (χ1n) is 7.44. The minimum absolute atomic E-state index is 0.142. The van der Waals surface area contributed by atoms with E-state index in [4.69, 9.17) is 14.2 Å². The van der Waals surface area contributed by atoms with Crippen molar-refractivity contribution in [3.05, 3.63) is 53.8 Å². The molecule has 0 spiro atoms. The molecule has 0 bridgehead atoms. The number of nitrogens with one attached hydrogen (secondary N) is 1. The number of esters is 1. The second kappa shape index (κ2) is 8.14. The highest BCUT2D eigenvalue weighted by atomic mass is 19.1. The van der Waals surface area contributed by atoms with E-state index in [9.17, 15) is 14.0 Å². The normalized spacial score (nSPS) is 11.4. The lowest BCUT2D eigenvalue weighted by atomic mass is 10.2. The molecule has 6 nitrogen and oxygen atoms in total. The Kier molecular flexibility index (Phi) is 5.94. The highest BCUT2D eigenvalue weighted by Crippen LogP contribution is 2.31. The molecule has 1 atom stereocenters. The standard InChI is InChI=1S/C18H18FNO5/c1-11(17(21)20-13-9-7-12(19)8-10-13)25-18(22)14-5-4-6-15(23-2)16(14)24-3/h4-11H,1-3H3,(H,20,21)/t11-/m0/s1. The zero-order valence-corrected chi connectivity index (χ0v) is 14.0. The maximum Gasteiger partial charge on any atom is 0.342 e. The number of ether oxygens (including phenoxy) is 3. The van der Waals surface area contributed by atoms with E-state index < -0.39 is 23.8 Å². The fraction of sp³-hybridized carbons (Fsp3) is 0.222. The topological polar surface area (TPSA) is 73.9 Å². The van der Waals surface area contributed by atoms with E-state index in [1.54, 1.807) is 12.1 Å². The van der Waals surface area contributed by atoms with E-state index in [2.05, 4.69) is 5.32 Å². The fourth-order valence-electron chi connectivity index (χ4n) is 2.10. The van der Waals surface area contributed by atoms with Crippen LogP contribution in [0.3, 0.4) is 0 Å². The van der Waals surface area contributed by atoms with Crippen molar-refractivity contribution in [2.75, 3.05) is 19.5 Å².